The molecule has 2 unspecified atom stereocenters. The average molecular weight is 262 g/mol. The summed E-state index contributed by atoms with van der Waals surface area (Å²) in [6.07, 6.45) is -1.15. The van der Waals surface area contributed by atoms with Crippen LogP contribution in [0, 0.1) is 6.92 Å². The SMILES string of the molecule is Cc1ccc2ccccc2c1C(O)C(O)CCS. The first-order chi connectivity index (χ1) is 8.65. The Balaban J connectivity index is 2.51. The molecular weight excluding hydrogens is 244 g/mol. The van der Waals surface area contributed by atoms with E-state index in [0.717, 1.165) is 21.9 Å². The largest absolute Gasteiger partial charge is 0.390 e. The Bertz CT molecular complexity index is 539. The number of fused-ring (bicyclic) bond motifs is 1. The number of benzene rings is 2. The highest BCUT2D eigenvalue weighted by Gasteiger charge is 2.21. The zero-order valence-electron chi connectivity index (χ0n) is 10.4. The molecule has 0 radical (unpaired) electrons. The maximum absolute atomic E-state index is 10.3. The fraction of sp³-hybridized carbons (Fsp3) is 0.333. The van der Waals surface area contributed by atoms with Crippen LogP contribution in [0.1, 0.15) is 23.7 Å². The molecule has 2 N–H and O–H groups in total. The summed E-state index contributed by atoms with van der Waals surface area (Å²) >= 11 is 4.10. The van der Waals surface area contributed by atoms with Crippen LogP contribution in [0.5, 0.6) is 0 Å². The number of thiol groups is 1. The van der Waals surface area contributed by atoms with Crippen molar-refractivity contribution in [3.63, 3.8) is 0 Å². The van der Waals surface area contributed by atoms with E-state index in [9.17, 15) is 10.2 Å². The lowest BCUT2D eigenvalue weighted by Gasteiger charge is -2.21. The zero-order chi connectivity index (χ0) is 13.1. The molecule has 0 aliphatic rings. The van der Waals surface area contributed by atoms with Crippen molar-refractivity contribution in [3.8, 4) is 0 Å². The van der Waals surface area contributed by atoms with Crippen LogP contribution in [0.4, 0.5) is 0 Å². The Morgan fingerprint density at radius 2 is 1.83 bits per heavy atom. The summed E-state index contributed by atoms with van der Waals surface area (Å²) in [5, 5.41) is 22.4. The van der Waals surface area contributed by atoms with E-state index in [1.54, 1.807) is 0 Å². The van der Waals surface area contributed by atoms with Crippen LogP contribution < -0.4 is 0 Å². The standard InChI is InChI=1S/C15H18O2S/c1-10-6-7-11-4-2-3-5-12(11)14(10)15(17)13(16)8-9-18/h2-7,13,15-18H,8-9H2,1H3. The molecule has 2 aromatic rings. The second-order valence-corrected chi connectivity index (χ2v) is 4.99. The minimum Gasteiger partial charge on any atom is -0.390 e. The lowest BCUT2D eigenvalue weighted by atomic mass is 9.92. The molecule has 2 rings (SSSR count). The van der Waals surface area contributed by atoms with E-state index in [-0.39, 0.29) is 0 Å². The van der Waals surface area contributed by atoms with Gasteiger partial charge in [-0.3, -0.25) is 0 Å². The molecule has 2 aromatic carbocycles. The monoisotopic (exact) mass is 262 g/mol. The van der Waals surface area contributed by atoms with Crippen molar-refractivity contribution in [2.24, 2.45) is 0 Å². The maximum Gasteiger partial charge on any atom is 0.106 e. The highest BCUT2D eigenvalue weighted by atomic mass is 32.1. The number of aliphatic hydroxyl groups is 2. The normalized spacial score (nSPS) is 14.7. The van der Waals surface area contributed by atoms with Crippen molar-refractivity contribution in [1.29, 1.82) is 0 Å². The van der Waals surface area contributed by atoms with E-state index in [2.05, 4.69) is 12.6 Å². The molecule has 2 atom stereocenters. The van der Waals surface area contributed by atoms with Crippen LogP contribution in [0.25, 0.3) is 10.8 Å². The van der Waals surface area contributed by atoms with Gasteiger partial charge in [-0.05, 0) is 41.0 Å². The van der Waals surface area contributed by atoms with Gasteiger partial charge in [0.25, 0.3) is 0 Å². The van der Waals surface area contributed by atoms with Gasteiger partial charge in [-0.1, -0.05) is 36.4 Å². The average Bonchev–Trinajstić information content (AvgIpc) is 2.38. The van der Waals surface area contributed by atoms with Gasteiger partial charge in [0.2, 0.25) is 0 Å². The fourth-order valence-corrected chi connectivity index (χ4v) is 2.54. The summed E-state index contributed by atoms with van der Waals surface area (Å²) in [5.41, 5.74) is 1.82. The predicted octanol–water partition coefficient (Wildman–Crippen LogP) is 2.86. The molecule has 0 saturated carbocycles. The fourth-order valence-electron chi connectivity index (χ4n) is 2.28. The third-order valence-electron chi connectivity index (χ3n) is 3.27. The lowest BCUT2D eigenvalue weighted by Crippen LogP contribution is -2.19. The number of aliphatic hydroxyl groups excluding tert-OH is 2. The molecule has 0 saturated heterocycles. The summed E-state index contributed by atoms with van der Waals surface area (Å²) in [7, 11) is 0. The minimum atomic E-state index is -0.858. The van der Waals surface area contributed by atoms with Crippen LogP contribution in [0.15, 0.2) is 36.4 Å². The number of hydrogen-bond acceptors (Lipinski definition) is 3. The van der Waals surface area contributed by atoms with Crippen LogP contribution in [-0.2, 0) is 0 Å². The maximum atomic E-state index is 10.3. The first kappa shape index (κ1) is 13.4. The van der Waals surface area contributed by atoms with Gasteiger partial charge >= 0.3 is 0 Å². The van der Waals surface area contributed by atoms with Crippen LogP contribution in [-0.4, -0.2) is 22.1 Å². The van der Waals surface area contributed by atoms with E-state index in [4.69, 9.17) is 0 Å². The molecule has 0 aromatic heterocycles. The zero-order valence-corrected chi connectivity index (χ0v) is 11.3. The highest BCUT2D eigenvalue weighted by Crippen LogP contribution is 2.30. The number of hydrogen-bond donors (Lipinski definition) is 3. The van der Waals surface area contributed by atoms with Gasteiger partial charge in [-0.2, -0.15) is 12.6 Å². The van der Waals surface area contributed by atoms with Gasteiger partial charge in [0.15, 0.2) is 0 Å². The van der Waals surface area contributed by atoms with Crippen molar-refractivity contribution < 1.29 is 10.2 Å². The van der Waals surface area contributed by atoms with Crippen molar-refractivity contribution in [2.45, 2.75) is 25.6 Å². The van der Waals surface area contributed by atoms with Gasteiger partial charge in [0, 0.05) is 0 Å². The molecule has 0 aliphatic heterocycles. The number of rotatable bonds is 4. The summed E-state index contributed by atoms with van der Waals surface area (Å²) in [6, 6.07) is 11.9. The molecule has 0 fully saturated rings. The molecule has 0 spiro atoms. The first-order valence-corrected chi connectivity index (χ1v) is 6.73. The van der Waals surface area contributed by atoms with Crippen molar-refractivity contribution >= 4 is 23.4 Å². The molecule has 96 valence electrons. The van der Waals surface area contributed by atoms with Crippen molar-refractivity contribution in [3.05, 3.63) is 47.5 Å². The third-order valence-corrected chi connectivity index (χ3v) is 3.53. The molecule has 0 amide bonds. The van der Waals surface area contributed by atoms with Gasteiger partial charge in [-0.25, -0.2) is 0 Å². The molecule has 0 bridgehead atoms. The van der Waals surface area contributed by atoms with Gasteiger partial charge in [0.1, 0.15) is 6.10 Å². The molecule has 18 heavy (non-hydrogen) atoms. The quantitative estimate of drug-likeness (QED) is 0.742. The van der Waals surface area contributed by atoms with E-state index in [0.29, 0.717) is 12.2 Å². The van der Waals surface area contributed by atoms with E-state index >= 15 is 0 Å². The third kappa shape index (κ3) is 2.53. The Labute approximate surface area is 113 Å². The Morgan fingerprint density at radius 1 is 1.11 bits per heavy atom. The summed E-state index contributed by atoms with van der Waals surface area (Å²) < 4.78 is 0. The van der Waals surface area contributed by atoms with Crippen LogP contribution >= 0.6 is 12.6 Å². The topological polar surface area (TPSA) is 40.5 Å². The van der Waals surface area contributed by atoms with E-state index in [1.807, 2.05) is 43.3 Å². The summed E-state index contributed by atoms with van der Waals surface area (Å²) in [5.74, 6) is 0.558. The van der Waals surface area contributed by atoms with E-state index in [1.165, 1.54) is 0 Å². The van der Waals surface area contributed by atoms with Crippen molar-refractivity contribution in [1.82, 2.24) is 0 Å². The molecule has 0 aliphatic carbocycles. The summed E-state index contributed by atoms with van der Waals surface area (Å²) in [6.45, 7) is 1.96. The van der Waals surface area contributed by atoms with Crippen LogP contribution in [0.2, 0.25) is 0 Å². The van der Waals surface area contributed by atoms with Crippen molar-refractivity contribution in [2.75, 3.05) is 5.75 Å². The molecule has 0 heterocycles. The molecule has 3 heteroatoms. The molecular formula is C15H18O2S. The second kappa shape index (κ2) is 5.74. The Morgan fingerprint density at radius 3 is 2.56 bits per heavy atom. The smallest absolute Gasteiger partial charge is 0.106 e. The molecule has 2 nitrogen and oxygen atoms in total. The Hall–Kier alpha value is -1.03. The minimum absolute atomic E-state index is 0.479. The predicted molar refractivity (Wildman–Crippen MR) is 78.1 cm³/mol. The Kier molecular flexibility index (Phi) is 4.27. The van der Waals surface area contributed by atoms with Gasteiger partial charge in [0.05, 0.1) is 6.10 Å². The summed E-state index contributed by atoms with van der Waals surface area (Å²) in [4.78, 5) is 0. The van der Waals surface area contributed by atoms with Gasteiger partial charge in [-0.15, -0.1) is 0 Å². The lowest BCUT2D eigenvalue weighted by molar-refractivity contribution is 0.0177. The van der Waals surface area contributed by atoms with Gasteiger partial charge < -0.3 is 10.2 Å². The second-order valence-electron chi connectivity index (χ2n) is 4.54. The number of aryl methyl sites for hydroxylation is 1. The highest BCUT2D eigenvalue weighted by molar-refractivity contribution is 7.80. The van der Waals surface area contributed by atoms with Crippen LogP contribution in [0.3, 0.4) is 0 Å². The first-order valence-electron chi connectivity index (χ1n) is 6.10. The van der Waals surface area contributed by atoms with E-state index < -0.39 is 12.2 Å².